The average molecular weight is 250 g/mol. The normalized spacial score (nSPS) is 23.7. The van der Waals surface area contributed by atoms with Crippen molar-refractivity contribution in [2.75, 3.05) is 46.9 Å². The van der Waals surface area contributed by atoms with Gasteiger partial charge in [-0.3, -0.25) is 4.79 Å². The van der Waals surface area contributed by atoms with Gasteiger partial charge < -0.3 is 14.5 Å². The largest absolute Gasteiger partial charge is 0.497 e. The molecule has 0 atom stereocenters. The number of methoxy groups -OCH3 is 1. The van der Waals surface area contributed by atoms with Gasteiger partial charge in [0.15, 0.2) is 0 Å². The number of nitrogens with one attached hydrogen (secondary N) is 2. The highest BCUT2D eigenvalue weighted by molar-refractivity contribution is 5.96. The van der Waals surface area contributed by atoms with Crippen LogP contribution in [0.5, 0.6) is 5.75 Å². The summed E-state index contributed by atoms with van der Waals surface area (Å²) < 4.78 is 5.09. The molecule has 98 valence electrons. The molecular weight excluding hydrogens is 228 g/mol. The van der Waals surface area contributed by atoms with E-state index in [1.165, 1.54) is 4.90 Å². The summed E-state index contributed by atoms with van der Waals surface area (Å²) in [5.74, 6) is 1.02. The zero-order valence-corrected chi connectivity index (χ0v) is 11.2. The molecule has 0 saturated carbocycles. The second kappa shape index (κ2) is 5.98. The van der Waals surface area contributed by atoms with Gasteiger partial charge in [-0.25, -0.2) is 0 Å². The Morgan fingerprint density at radius 2 is 1.78 bits per heavy atom. The first-order chi connectivity index (χ1) is 8.69. The van der Waals surface area contributed by atoms with Gasteiger partial charge in [0.1, 0.15) is 38.5 Å². The molecule has 0 radical (unpaired) electrons. The van der Waals surface area contributed by atoms with Crippen LogP contribution in [0.25, 0.3) is 0 Å². The van der Waals surface area contributed by atoms with Crippen molar-refractivity contribution >= 4 is 5.78 Å². The minimum atomic E-state index is 0.229. The fraction of sp³-hybridized carbons (Fsp3) is 0.500. The highest BCUT2D eigenvalue weighted by Crippen LogP contribution is 2.11. The molecule has 1 aliphatic heterocycles. The first-order valence-electron chi connectivity index (χ1n) is 6.51. The molecule has 0 amide bonds. The predicted molar refractivity (Wildman–Crippen MR) is 69.5 cm³/mol. The van der Waals surface area contributed by atoms with Crippen LogP contribution in [0.2, 0.25) is 0 Å². The standard InChI is InChI=1S/C14H20N2O2/c1-15-7-9-16(10-8-15)11-14(17)12-3-5-13(18-2)6-4-12/h3-6H,7-11H2,1-2H3/p+2. The van der Waals surface area contributed by atoms with E-state index in [1.54, 1.807) is 12.0 Å². The van der Waals surface area contributed by atoms with Gasteiger partial charge in [-0.15, -0.1) is 0 Å². The minimum absolute atomic E-state index is 0.229. The molecule has 2 rings (SSSR count). The fourth-order valence-electron chi connectivity index (χ4n) is 2.31. The molecule has 1 heterocycles. The van der Waals surface area contributed by atoms with Gasteiger partial charge in [0, 0.05) is 5.56 Å². The molecule has 0 unspecified atom stereocenters. The second-order valence-corrected chi connectivity index (χ2v) is 5.04. The monoisotopic (exact) mass is 250 g/mol. The molecule has 1 aliphatic rings. The van der Waals surface area contributed by atoms with E-state index < -0.39 is 0 Å². The second-order valence-electron chi connectivity index (χ2n) is 5.04. The van der Waals surface area contributed by atoms with Crippen molar-refractivity contribution in [1.29, 1.82) is 0 Å². The van der Waals surface area contributed by atoms with E-state index in [9.17, 15) is 4.79 Å². The van der Waals surface area contributed by atoms with E-state index in [0.29, 0.717) is 6.54 Å². The highest BCUT2D eigenvalue weighted by Gasteiger charge is 2.22. The lowest BCUT2D eigenvalue weighted by Crippen LogP contribution is -3.27. The maximum atomic E-state index is 12.1. The lowest BCUT2D eigenvalue weighted by atomic mass is 10.1. The lowest BCUT2D eigenvalue weighted by Gasteiger charge is -2.26. The third kappa shape index (κ3) is 3.31. The Hall–Kier alpha value is -1.39. The van der Waals surface area contributed by atoms with Crippen molar-refractivity contribution in [3.05, 3.63) is 29.8 Å². The summed E-state index contributed by atoms with van der Waals surface area (Å²) in [6.45, 7) is 5.11. The van der Waals surface area contributed by atoms with Crippen molar-refractivity contribution in [1.82, 2.24) is 0 Å². The Balaban J connectivity index is 1.90. The van der Waals surface area contributed by atoms with Gasteiger partial charge in [0.05, 0.1) is 14.2 Å². The van der Waals surface area contributed by atoms with Crippen LogP contribution in [-0.2, 0) is 0 Å². The van der Waals surface area contributed by atoms with Crippen molar-refractivity contribution in [2.24, 2.45) is 0 Å². The van der Waals surface area contributed by atoms with Gasteiger partial charge in [-0.05, 0) is 24.3 Å². The number of rotatable bonds is 4. The van der Waals surface area contributed by atoms with Gasteiger partial charge in [-0.1, -0.05) is 0 Å². The number of piperazine rings is 1. The number of ether oxygens (including phenoxy) is 1. The summed E-state index contributed by atoms with van der Waals surface area (Å²) >= 11 is 0. The zero-order chi connectivity index (χ0) is 13.0. The van der Waals surface area contributed by atoms with E-state index in [-0.39, 0.29) is 5.78 Å². The molecule has 4 nitrogen and oxygen atoms in total. The fourth-order valence-corrected chi connectivity index (χ4v) is 2.31. The highest BCUT2D eigenvalue weighted by atomic mass is 16.5. The summed E-state index contributed by atoms with van der Waals surface area (Å²) in [6.07, 6.45) is 0. The molecule has 1 aromatic rings. The summed E-state index contributed by atoms with van der Waals surface area (Å²) in [6, 6.07) is 7.39. The van der Waals surface area contributed by atoms with Crippen molar-refractivity contribution in [2.45, 2.75) is 0 Å². The summed E-state index contributed by atoms with van der Waals surface area (Å²) in [5, 5.41) is 0. The number of likely N-dealkylation sites (N-methyl/N-ethyl adjacent to an activating group) is 1. The maximum Gasteiger partial charge on any atom is 0.216 e. The van der Waals surface area contributed by atoms with Crippen LogP contribution in [0.4, 0.5) is 0 Å². The number of hydrogen-bond acceptors (Lipinski definition) is 2. The Morgan fingerprint density at radius 1 is 1.17 bits per heavy atom. The number of benzene rings is 1. The number of Topliss-reactive ketones (excluding diaryl/α,β-unsaturated/α-hetero) is 1. The summed E-state index contributed by atoms with van der Waals surface area (Å²) in [4.78, 5) is 15.1. The molecule has 0 aliphatic carbocycles. The van der Waals surface area contributed by atoms with Gasteiger partial charge in [0.25, 0.3) is 0 Å². The number of ketones is 1. The molecule has 0 aromatic heterocycles. The number of hydrogen-bond donors (Lipinski definition) is 2. The van der Waals surface area contributed by atoms with Crippen LogP contribution in [0.15, 0.2) is 24.3 Å². The predicted octanol–water partition coefficient (Wildman–Crippen LogP) is -1.71. The molecule has 2 N–H and O–H groups in total. The van der Waals surface area contributed by atoms with E-state index in [0.717, 1.165) is 37.5 Å². The Bertz CT molecular complexity index is 395. The number of carbonyl (C=O) groups is 1. The van der Waals surface area contributed by atoms with E-state index in [2.05, 4.69) is 7.05 Å². The van der Waals surface area contributed by atoms with Crippen LogP contribution in [-0.4, -0.2) is 52.7 Å². The van der Waals surface area contributed by atoms with Crippen LogP contribution >= 0.6 is 0 Å². The Labute approximate surface area is 108 Å². The quantitative estimate of drug-likeness (QED) is 0.624. The van der Waals surface area contributed by atoms with E-state index in [4.69, 9.17) is 4.74 Å². The van der Waals surface area contributed by atoms with E-state index in [1.807, 2.05) is 24.3 Å². The first-order valence-corrected chi connectivity index (χ1v) is 6.51. The molecule has 18 heavy (non-hydrogen) atoms. The Morgan fingerprint density at radius 3 is 2.33 bits per heavy atom. The average Bonchev–Trinajstić information content (AvgIpc) is 2.41. The SMILES string of the molecule is COc1ccc(C(=O)C[NH+]2CC[NH+](C)CC2)cc1. The van der Waals surface area contributed by atoms with Crippen molar-refractivity contribution in [3.63, 3.8) is 0 Å². The molecular formula is C14H22N2O2+2. The van der Waals surface area contributed by atoms with E-state index >= 15 is 0 Å². The van der Waals surface area contributed by atoms with Crippen LogP contribution in [0.1, 0.15) is 10.4 Å². The lowest BCUT2D eigenvalue weighted by molar-refractivity contribution is -0.999. The van der Waals surface area contributed by atoms with Gasteiger partial charge in [0.2, 0.25) is 5.78 Å². The molecule has 1 aromatic carbocycles. The van der Waals surface area contributed by atoms with Gasteiger partial charge >= 0.3 is 0 Å². The Kier molecular flexibility index (Phi) is 4.33. The van der Waals surface area contributed by atoms with Crippen molar-refractivity contribution < 1.29 is 19.3 Å². The van der Waals surface area contributed by atoms with Gasteiger partial charge in [-0.2, -0.15) is 0 Å². The zero-order valence-electron chi connectivity index (χ0n) is 11.2. The van der Waals surface area contributed by atoms with Crippen molar-refractivity contribution in [3.8, 4) is 5.75 Å². The third-order valence-corrected chi connectivity index (χ3v) is 3.63. The van der Waals surface area contributed by atoms with Crippen LogP contribution < -0.4 is 14.5 Å². The molecule has 1 saturated heterocycles. The summed E-state index contributed by atoms with van der Waals surface area (Å²) in [7, 11) is 3.84. The molecule has 4 heteroatoms. The van der Waals surface area contributed by atoms with Crippen LogP contribution in [0.3, 0.4) is 0 Å². The number of quaternary nitrogens is 2. The molecule has 0 bridgehead atoms. The maximum absolute atomic E-state index is 12.1. The third-order valence-electron chi connectivity index (χ3n) is 3.63. The molecule has 1 fully saturated rings. The number of carbonyl (C=O) groups excluding carboxylic acids is 1. The first kappa shape index (κ1) is 13.1. The minimum Gasteiger partial charge on any atom is -0.497 e. The molecule has 0 spiro atoms. The summed E-state index contributed by atoms with van der Waals surface area (Å²) in [5.41, 5.74) is 0.787. The van der Waals surface area contributed by atoms with Crippen LogP contribution in [0, 0.1) is 0 Å². The topological polar surface area (TPSA) is 35.2 Å². The smallest absolute Gasteiger partial charge is 0.216 e.